The summed E-state index contributed by atoms with van der Waals surface area (Å²) in [6.45, 7) is 3.46. The van der Waals surface area contributed by atoms with E-state index in [1.165, 1.54) is 180 Å². The zero-order chi connectivity index (χ0) is 49.5. The van der Waals surface area contributed by atoms with E-state index in [1.54, 1.807) is 0 Å². The average molecular weight is 981 g/mol. The van der Waals surface area contributed by atoms with Crippen LogP contribution in [0.5, 0.6) is 0 Å². The van der Waals surface area contributed by atoms with Crippen LogP contribution in [0.25, 0.3) is 0 Å². The zero-order valence-electron chi connectivity index (χ0n) is 44.3. The van der Waals surface area contributed by atoms with Gasteiger partial charge in [-0.15, -0.1) is 0 Å². The van der Waals surface area contributed by atoms with Gasteiger partial charge in [-0.3, -0.25) is 13.8 Å². The molecule has 0 saturated carbocycles. The standard InChI is InChI=1S/C58H109O9P/c1-3-5-7-9-11-13-15-17-19-21-23-25-27-29-31-33-35-37-39-41-43-45-47-49-51-64-54-57(55-66-68(62,63)65-53-56(60)52-59)67-58(61)50-48-46-44-42-40-38-36-34-32-30-28-26-24-22-20-18-16-14-12-10-8-6-4-2/h6,8,12,14,18,20,24,26,56-57,59-60H,3-5,7,9-11,13,15-17,19,21-23,25,27-55H2,1-2H3,(H,62,63)/b8-6-,14-12-,20-18-,26-24-. The summed E-state index contributed by atoms with van der Waals surface area (Å²) in [5.74, 6) is -0.383. The van der Waals surface area contributed by atoms with E-state index < -0.39 is 33.2 Å². The number of hydrogen-bond donors (Lipinski definition) is 3. The Morgan fingerprint density at radius 1 is 0.471 bits per heavy atom. The fraction of sp³-hybridized carbons (Fsp3) is 0.845. The normalized spacial score (nSPS) is 14.0. The Labute approximate surface area is 419 Å². The van der Waals surface area contributed by atoms with E-state index in [2.05, 4.69) is 62.5 Å². The molecule has 0 aliphatic carbocycles. The highest BCUT2D eigenvalue weighted by molar-refractivity contribution is 7.47. The quantitative estimate of drug-likeness (QED) is 0.0236. The van der Waals surface area contributed by atoms with Crippen LogP contribution in [0.2, 0.25) is 0 Å². The van der Waals surface area contributed by atoms with Crippen molar-refractivity contribution in [2.75, 3.05) is 33.0 Å². The van der Waals surface area contributed by atoms with Crippen molar-refractivity contribution < 1.29 is 43.0 Å². The number of carbonyl (C=O) groups excluding carboxylic acids is 1. The molecular weight excluding hydrogens is 872 g/mol. The number of phosphoric ester groups is 1. The van der Waals surface area contributed by atoms with Crippen molar-refractivity contribution in [2.24, 2.45) is 0 Å². The predicted octanol–water partition coefficient (Wildman–Crippen LogP) is 17.3. The largest absolute Gasteiger partial charge is 0.472 e. The van der Waals surface area contributed by atoms with E-state index in [4.69, 9.17) is 23.6 Å². The van der Waals surface area contributed by atoms with Gasteiger partial charge >= 0.3 is 13.8 Å². The van der Waals surface area contributed by atoms with E-state index >= 15 is 0 Å². The number of esters is 1. The second-order valence-electron chi connectivity index (χ2n) is 19.3. The Balaban J connectivity index is 3.99. The maximum Gasteiger partial charge on any atom is 0.472 e. The van der Waals surface area contributed by atoms with Crippen molar-refractivity contribution in [3.8, 4) is 0 Å². The molecule has 68 heavy (non-hydrogen) atoms. The Hall–Kier alpha value is -1.58. The summed E-state index contributed by atoms with van der Waals surface area (Å²) in [6.07, 6.45) is 65.2. The van der Waals surface area contributed by atoms with Crippen LogP contribution in [0.15, 0.2) is 48.6 Å². The van der Waals surface area contributed by atoms with Crippen molar-refractivity contribution in [3.63, 3.8) is 0 Å². The Bertz CT molecular complexity index is 1200. The summed E-state index contributed by atoms with van der Waals surface area (Å²) in [5.41, 5.74) is 0. The number of hydrogen-bond acceptors (Lipinski definition) is 8. The van der Waals surface area contributed by atoms with Gasteiger partial charge in [0.2, 0.25) is 0 Å². The molecule has 3 atom stereocenters. The van der Waals surface area contributed by atoms with Crippen molar-refractivity contribution in [1.82, 2.24) is 0 Å². The molecule has 0 aromatic heterocycles. The third-order valence-corrected chi connectivity index (χ3v) is 13.5. The highest BCUT2D eigenvalue weighted by Crippen LogP contribution is 2.43. The summed E-state index contributed by atoms with van der Waals surface area (Å²) in [4.78, 5) is 22.8. The lowest BCUT2D eigenvalue weighted by Crippen LogP contribution is -2.29. The summed E-state index contributed by atoms with van der Waals surface area (Å²) in [5, 5.41) is 18.5. The molecule has 0 amide bonds. The number of allylic oxidation sites excluding steroid dienone is 8. The van der Waals surface area contributed by atoms with Crippen LogP contribution < -0.4 is 0 Å². The van der Waals surface area contributed by atoms with E-state index in [0.717, 1.165) is 70.6 Å². The number of ether oxygens (including phenoxy) is 2. The van der Waals surface area contributed by atoms with Crippen molar-refractivity contribution in [1.29, 1.82) is 0 Å². The highest BCUT2D eigenvalue weighted by atomic mass is 31.2. The first kappa shape index (κ1) is 66.4. The van der Waals surface area contributed by atoms with Gasteiger partial charge in [0.1, 0.15) is 12.2 Å². The third-order valence-electron chi connectivity index (χ3n) is 12.5. The second-order valence-corrected chi connectivity index (χ2v) is 20.7. The Morgan fingerprint density at radius 3 is 1.26 bits per heavy atom. The summed E-state index contributed by atoms with van der Waals surface area (Å²) in [6, 6.07) is 0. The van der Waals surface area contributed by atoms with Crippen LogP contribution >= 0.6 is 7.82 Å². The lowest BCUT2D eigenvalue weighted by Gasteiger charge is -2.20. The summed E-state index contributed by atoms with van der Waals surface area (Å²) >= 11 is 0. The molecule has 0 aliphatic rings. The van der Waals surface area contributed by atoms with E-state index in [9.17, 15) is 19.4 Å². The van der Waals surface area contributed by atoms with Gasteiger partial charge in [0.05, 0.1) is 26.4 Å². The van der Waals surface area contributed by atoms with Gasteiger partial charge in [-0.05, 0) is 51.4 Å². The number of unbranched alkanes of at least 4 members (excludes halogenated alkanes) is 33. The fourth-order valence-electron chi connectivity index (χ4n) is 8.23. The minimum Gasteiger partial charge on any atom is -0.457 e. The maximum atomic E-state index is 12.7. The van der Waals surface area contributed by atoms with E-state index in [-0.39, 0.29) is 25.6 Å². The monoisotopic (exact) mass is 981 g/mol. The topological polar surface area (TPSA) is 132 Å². The van der Waals surface area contributed by atoms with Crippen LogP contribution in [0, 0.1) is 0 Å². The molecule has 9 nitrogen and oxygen atoms in total. The van der Waals surface area contributed by atoms with Gasteiger partial charge in [0.25, 0.3) is 0 Å². The van der Waals surface area contributed by atoms with Crippen LogP contribution in [0.3, 0.4) is 0 Å². The lowest BCUT2D eigenvalue weighted by molar-refractivity contribution is -0.154. The Morgan fingerprint density at radius 2 is 0.838 bits per heavy atom. The van der Waals surface area contributed by atoms with Crippen molar-refractivity contribution in [2.45, 2.75) is 283 Å². The highest BCUT2D eigenvalue weighted by Gasteiger charge is 2.26. The summed E-state index contributed by atoms with van der Waals surface area (Å²) in [7, 11) is -4.53. The molecule has 3 unspecified atom stereocenters. The molecule has 0 radical (unpaired) electrons. The van der Waals surface area contributed by atoms with E-state index in [1.807, 2.05) is 0 Å². The number of carbonyl (C=O) groups is 1. The first-order valence-corrected chi connectivity index (χ1v) is 30.1. The van der Waals surface area contributed by atoms with Gasteiger partial charge in [-0.25, -0.2) is 4.57 Å². The molecule has 10 heteroatoms. The van der Waals surface area contributed by atoms with Crippen LogP contribution in [0.4, 0.5) is 0 Å². The molecule has 3 N–H and O–H groups in total. The number of rotatable bonds is 55. The number of phosphoric acid groups is 1. The van der Waals surface area contributed by atoms with Gasteiger partial charge < -0.3 is 24.6 Å². The molecule has 0 rings (SSSR count). The zero-order valence-corrected chi connectivity index (χ0v) is 45.2. The van der Waals surface area contributed by atoms with E-state index in [0.29, 0.717) is 6.61 Å². The van der Waals surface area contributed by atoms with Crippen LogP contribution in [0.1, 0.15) is 271 Å². The lowest BCUT2D eigenvalue weighted by atomic mass is 10.0. The molecule has 400 valence electrons. The molecule has 0 aromatic carbocycles. The first-order valence-electron chi connectivity index (χ1n) is 28.6. The SMILES string of the molecule is CC/C=C\C/C=C\C/C=C\C/C=C\CCCCCCCCCCCCC(=O)OC(COCCCCCCCCCCCCCCCCCCCCCCCCCC)COP(=O)(O)OCC(O)CO. The summed E-state index contributed by atoms with van der Waals surface area (Å²) < 4.78 is 33.6. The maximum absolute atomic E-state index is 12.7. The van der Waals surface area contributed by atoms with Gasteiger partial charge in [-0.2, -0.15) is 0 Å². The molecule has 0 aliphatic heterocycles. The third kappa shape index (κ3) is 53.8. The van der Waals surface area contributed by atoms with Crippen molar-refractivity contribution >= 4 is 13.8 Å². The van der Waals surface area contributed by atoms with Gasteiger partial charge in [-0.1, -0.05) is 262 Å². The van der Waals surface area contributed by atoms with Gasteiger partial charge in [0.15, 0.2) is 0 Å². The van der Waals surface area contributed by atoms with Crippen molar-refractivity contribution in [3.05, 3.63) is 48.6 Å². The van der Waals surface area contributed by atoms with Crippen LogP contribution in [-0.2, 0) is 27.9 Å². The fourth-order valence-corrected chi connectivity index (χ4v) is 9.02. The minimum absolute atomic E-state index is 0.0504. The Kier molecular flexibility index (Phi) is 53.5. The molecule has 0 bridgehead atoms. The second kappa shape index (κ2) is 54.7. The predicted molar refractivity (Wildman–Crippen MR) is 288 cm³/mol. The molecule has 0 heterocycles. The number of aliphatic hydroxyl groups is 2. The molecule has 0 aromatic rings. The average Bonchev–Trinajstić information content (AvgIpc) is 3.33. The molecule has 0 fully saturated rings. The van der Waals surface area contributed by atoms with Gasteiger partial charge in [0, 0.05) is 13.0 Å². The smallest absolute Gasteiger partial charge is 0.457 e. The molecule has 0 spiro atoms. The molecule has 0 saturated heterocycles. The first-order chi connectivity index (χ1) is 33.3. The molecular formula is C58H109O9P. The number of aliphatic hydroxyl groups excluding tert-OH is 2. The van der Waals surface area contributed by atoms with Crippen LogP contribution in [-0.4, -0.2) is 66.3 Å². The minimum atomic E-state index is -4.53.